The normalized spacial score (nSPS) is 29.8. The molecule has 1 saturated heterocycles. The first kappa shape index (κ1) is 20.6. The van der Waals surface area contributed by atoms with Gasteiger partial charge in [0.15, 0.2) is 0 Å². The van der Waals surface area contributed by atoms with Crippen LogP contribution in [0.4, 0.5) is 9.18 Å². The van der Waals surface area contributed by atoms with Crippen LogP contribution < -0.4 is 0 Å². The third-order valence-electron chi connectivity index (χ3n) is 6.89. The lowest BCUT2D eigenvalue weighted by Crippen LogP contribution is -2.67. The third-order valence-corrected chi connectivity index (χ3v) is 7.81. The van der Waals surface area contributed by atoms with Crippen molar-refractivity contribution in [3.8, 4) is 0 Å². The van der Waals surface area contributed by atoms with Crippen molar-refractivity contribution in [2.45, 2.75) is 36.8 Å². The fourth-order valence-electron chi connectivity index (χ4n) is 5.06. The minimum absolute atomic E-state index is 0.0190. The highest BCUT2D eigenvalue weighted by molar-refractivity contribution is 7.90. The number of urea groups is 1. The van der Waals surface area contributed by atoms with Crippen LogP contribution in [0.5, 0.6) is 0 Å². The number of carbonyl (C=O) groups excluding carboxylic acids is 1. The molecule has 2 amide bonds. The average Bonchev–Trinajstić information content (AvgIpc) is 3.36. The van der Waals surface area contributed by atoms with Crippen LogP contribution in [0.25, 0.3) is 0 Å². The topological polar surface area (TPSA) is 60.9 Å². The lowest BCUT2D eigenvalue weighted by Gasteiger charge is -2.60. The van der Waals surface area contributed by atoms with Crippen molar-refractivity contribution in [2.24, 2.45) is 5.92 Å². The molecule has 0 N–H and O–H groups in total. The SMILES string of the molecule is CN(C)C1(c2cccc(F)c2)CC2(CN(CCS(C)(=O)=O)C(=O)N2CC2CC2)C1. The molecule has 1 aromatic rings. The number of amides is 2. The average molecular weight is 424 g/mol. The van der Waals surface area contributed by atoms with E-state index in [9.17, 15) is 17.6 Å². The maximum absolute atomic E-state index is 13.9. The Kier molecular flexibility index (Phi) is 4.93. The van der Waals surface area contributed by atoms with E-state index in [1.807, 2.05) is 25.1 Å². The maximum atomic E-state index is 13.9. The Labute approximate surface area is 172 Å². The highest BCUT2D eigenvalue weighted by Crippen LogP contribution is 2.57. The summed E-state index contributed by atoms with van der Waals surface area (Å²) in [6.45, 7) is 1.51. The van der Waals surface area contributed by atoms with Crippen molar-refractivity contribution in [2.75, 3.05) is 45.7 Å². The predicted molar refractivity (Wildman–Crippen MR) is 110 cm³/mol. The van der Waals surface area contributed by atoms with Gasteiger partial charge in [0.2, 0.25) is 0 Å². The van der Waals surface area contributed by atoms with Gasteiger partial charge >= 0.3 is 6.03 Å². The van der Waals surface area contributed by atoms with Crippen LogP contribution in [0.1, 0.15) is 31.2 Å². The minimum atomic E-state index is -3.14. The molecule has 1 aromatic carbocycles. The number of halogens is 1. The molecule has 8 heteroatoms. The van der Waals surface area contributed by atoms with Crippen molar-refractivity contribution in [3.05, 3.63) is 35.6 Å². The van der Waals surface area contributed by atoms with Crippen molar-refractivity contribution in [1.82, 2.24) is 14.7 Å². The first-order chi connectivity index (χ1) is 13.5. The Morgan fingerprint density at radius 2 is 1.93 bits per heavy atom. The van der Waals surface area contributed by atoms with E-state index in [0.717, 1.165) is 37.8 Å². The van der Waals surface area contributed by atoms with E-state index in [0.29, 0.717) is 12.5 Å². The summed E-state index contributed by atoms with van der Waals surface area (Å²) in [5, 5.41) is 0. The molecular formula is C21H30FN3O3S. The Hall–Kier alpha value is -1.67. The Morgan fingerprint density at radius 1 is 1.24 bits per heavy atom. The summed E-state index contributed by atoms with van der Waals surface area (Å²) in [5.41, 5.74) is 0.298. The number of rotatable bonds is 7. The minimum Gasteiger partial charge on any atom is -0.321 e. The van der Waals surface area contributed by atoms with Gasteiger partial charge < -0.3 is 9.80 Å². The highest BCUT2D eigenvalue weighted by Gasteiger charge is 2.64. The summed E-state index contributed by atoms with van der Waals surface area (Å²) < 4.78 is 37.2. The number of benzene rings is 1. The van der Waals surface area contributed by atoms with Crippen molar-refractivity contribution in [3.63, 3.8) is 0 Å². The molecule has 29 heavy (non-hydrogen) atoms. The Bertz CT molecular complexity index is 908. The largest absolute Gasteiger partial charge is 0.321 e. The van der Waals surface area contributed by atoms with Crippen LogP contribution >= 0.6 is 0 Å². The van der Waals surface area contributed by atoms with Gasteiger partial charge in [-0.25, -0.2) is 17.6 Å². The van der Waals surface area contributed by atoms with Crippen LogP contribution in [0, 0.1) is 11.7 Å². The summed E-state index contributed by atoms with van der Waals surface area (Å²) in [7, 11) is 0.867. The standard InChI is InChI=1S/C21H30FN3O3S/c1-23(2)21(17-5-4-6-18(22)11-17)13-20(14-21)15-24(9-10-29(3,27)28)19(26)25(20)12-16-7-8-16/h4-6,11,16H,7-10,12-15H2,1-3H3. The summed E-state index contributed by atoms with van der Waals surface area (Å²) in [4.78, 5) is 19.0. The summed E-state index contributed by atoms with van der Waals surface area (Å²) >= 11 is 0. The number of hydrogen-bond acceptors (Lipinski definition) is 4. The summed E-state index contributed by atoms with van der Waals surface area (Å²) in [6.07, 6.45) is 4.95. The zero-order valence-electron chi connectivity index (χ0n) is 17.4. The fourth-order valence-corrected chi connectivity index (χ4v) is 5.61. The van der Waals surface area contributed by atoms with Crippen molar-refractivity contribution < 1.29 is 17.6 Å². The molecule has 160 valence electrons. The maximum Gasteiger partial charge on any atom is 0.320 e. The van der Waals surface area contributed by atoms with Gasteiger partial charge in [0.05, 0.1) is 16.8 Å². The molecule has 4 rings (SSSR count). The first-order valence-corrected chi connectivity index (χ1v) is 12.3. The molecule has 3 fully saturated rings. The highest BCUT2D eigenvalue weighted by atomic mass is 32.2. The molecule has 2 aliphatic carbocycles. The Balaban J connectivity index is 1.60. The van der Waals surface area contributed by atoms with Gasteiger partial charge in [-0.2, -0.15) is 0 Å². The molecule has 3 aliphatic rings. The summed E-state index contributed by atoms with van der Waals surface area (Å²) in [5.74, 6) is 0.278. The van der Waals surface area contributed by atoms with E-state index in [1.54, 1.807) is 17.0 Å². The molecule has 0 bridgehead atoms. The van der Waals surface area contributed by atoms with Crippen molar-refractivity contribution >= 4 is 15.9 Å². The second kappa shape index (κ2) is 6.94. The number of hydrogen-bond donors (Lipinski definition) is 0. The van der Waals surface area contributed by atoms with Gasteiger partial charge in [-0.15, -0.1) is 0 Å². The van der Waals surface area contributed by atoms with Crippen LogP contribution in [-0.2, 0) is 15.4 Å². The van der Waals surface area contributed by atoms with Gasteiger partial charge in [-0.1, -0.05) is 12.1 Å². The molecule has 1 aliphatic heterocycles. The molecule has 0 radical (unpaired) electrons. The quantitative estimate of drug-likeness (QED) is 0.675. The fraction of sp³-hybridized carbons (Fsp3) is 0.667. The first-order valence-electron chi connectivity index (χ1n) is 10.2. The lowest BCUT2D eigenvalue weighted by atomic mass is 9.58. The van der Waals surface area contributed by atoms with Gasteiger partial charge in [-0.3, -0.25) is 4.90 Å². The molecule has 6 nitrogen and oxygen atoms in total. The molecular weight excluding hydrogens is 393 g/mol. The van der Waals surface area contributed by atoms with Gasteiger partial charge in [0.1, 0.15) is 15.7 Å². The van der Waals surface area contributed by atoms with Gasteiger partial charge in [0, 0.05) is 25.9 Å². The molecule has 0 aromatic heterocycles. The molecule has 2 saturated carbocycles. The van der Waals surface area contributed by atoms with Gasteiger partial charge in [0.25, 0.3) is 0 Å². The van der Waals surface area contributed by atoms with Crippen molar-refractivity contribution in [1.29, 1.82) is 0 Å². The monoisotopic (exact) mass is 423 g/mol. The van der Waals surface area contributed by atoms with Gasteiger partial charge in [-0.05, 0) is 63.4 Å². The second-order valence-electron chi connectivity index (χ2n) is 9.40. The smallest absolute Gasteiger partial charge is 0.320 e. The molecule has 0 unspecified atom stereocenters. The van der Waals surface area contributed by atoms with Crippen LogP contribution in [0.2, 0.25) is 0 Å². The number of sulfone groups is 1. The van der Waals surface area contributed by atoms with Crippen LogP contribution in [0.3, 0.4) is 0 Å². The van der Waals surface area contributed by atoms with E-state index in [4.69, 9.17) is 0 Å². The zero-order valence-corrected chi connectivity index (χ0v) is 18.2. The summed E-state index contributed by atoms with van der Waals surface area (Å²) in [6, 6.07) is 6.69. The van der Waals surface area contributed by atoms with E-state index >= 15 is 0 Å². The molecule has 1 spiro atoms. The van der Waals surface area contributed by atoms with E-state index in [2.05, 4.69) is 4.90 Å². The predicted octanol–water partition coefficient (Wildman–Crippen LogP) is 2.31. The zero-order chi connectivity index (χ0) is 21.0. The van der Waals surface area contributed by atoms with E-state index in [-0.39, 0.29) is 35.2 Å². The van der Waals surface area contributed by atoms with Crippen LogP contribution in [0.15, 0.2) is 24.3 Å². The number of nitrogens with zero attached hydrogens (tertiary/aromatic N) is 3. The lowest BCUT2D eigenvalue weighted by molar-refractivity contribution is -0.0708. The van der Waals surface area contributed by atoms with E-state index in [1.165, 1.54) is 12.3 Å². The third kappa shape index (κ3) is 3.77. The molecule has 1 heterocycles. The number of carbonyl (C=O) groups is 1. The van der Waals surface area contributed by atoms with Crippen LogP contribution in [-0.4, -0.2) is 80.4 Å². The second-order valence-corrected chi connectivity index (χ2v) is 11.7. The van der Waals surface area contributed by atoms with E-state index < -0.39 is 9.84 Å². The molecule has 0 atom stereocenters. The Morgan fingerprint density at radius 3 is 2.48 bits per heavy atom.